The quantitative estimate of drug-likeness (QED) is 0.258. The number of carboxylic acid groups (broad SMARTS) is 1. The zero-order valence-electron chi connectivity index (χ0n) is 21.5. The molecule has 0 bridgehead atoms. The molecule has 4 rings (SSSR count). The maximum absolute atomic E-state index is 11.1. The van der Waals surface area contributed by atoms with E-state index in [4.69, 9.17) is 15.8 Å². The summed E-state index contributed by atoms with van der Waals surface area (Å²) in [5, 5.41) is 9.15. The van der Waals surface area contributed by atoms with Gasteiger partial charge in [-0.25, -0.2) is 0 Å². The minimum Gasteiger partial charge on any atom is -0.481 e. The fraction of sp³-hybridized carbons (Fsp3) is 0.500. The average molecular weight is 477 g/mol. The number of nitrogens with two attached hydrogens (primary N) is 1. The first-order valence-corrected chi connectivity index (χ1v) is 13.2. The molecule has 0 unspecified atom stereocenters. The van der Waals surface area contributed by atoms with Crippen LogP contribution in [0.3, 0.4) is 0 Å². The molecule has 5 heteroatoms. The SMILES string of the molecule is CCc1cc(/C(ON)=C(/C)c2ccc(C3CCCCC3)c(CC)c2)ccc1CN1CC(C(=O)O)C1. The molecule has 0 amide bonds. The van der Waals surface area contributed by atoms with Crippen LogP contribution in [-0.2, 0) is 29.0 Å². The molecule has 1 saturated heterocycles. The number of carbonyl (C=O) groups is 1. The van der Waals surface area contributed by atoms with Crippen LogP contribution < -0.4 is 5.90 Å². The van der Waals surface area contributed by atoms with Gasteiger partial charge < -0.3 is 9.94 Å². The highest BCUT2D eigenvalue weighted by Gasteiger charge is 2.32. The Morgan fingerprint density at radius 3 is 2.26 bits per heavy atom. The maximum atomic E-state index is 11.1. The molecule has 0 radical (unpaired) electrons. The summed E-state index contributed by atoms with van der Waals surface area (Å²) >= 11 is 0. The van der Waals surface area contributed by atoms with E-state index in [1.807, 2.05) is 0 Å². The third-order valence-corrected chi connectivity index (χ3v) is 8.01. The van der Waals surface area contributed by atoms with Crippen molar-refractivity contribution >= 4 is 17.3 Å². The van der Waals surface area contributed by atoms with E-state index >= 15 is 0 Å². The molecule has 1 aliphatic heterocycles. The lowest BCUT2D eigenvalue weighted by atomic mass is 9.81. The number of aryl methyl sites for hydroxylation is 2. The minimum absolute atomic E-state index is 0.236. The van der Waals surface area contributed by atoms with E-state index in [1.54, 1.807) is 0 Å². The van der Waals surface area contributed by atoms with Gasteiger partial charge in [-0.1, -0.05) is 63.4 Å². The average Bonchev–Trinajstić information content (AvgIpc) is 2.86. The molecular weight excluding hydrogens is 436 g/mol. The van der Waals surface area contributed by atoms with E-state index in [1.165, 1.54) is 54.4 Å². The van der Waals surface area contributed by atoms with Crippen molar-refractivity contribution in [1.82, 2.24) is 4.90 Å². The van der Waals surface area contributed by atoms with Gasteiger partial charge in [-0.3, -0.25) is 9.69 Å². The number of likely N-dealkylation sites (tertiary alicyclic amines) is 1. The first kappa shape index (κ1) is 25.5. The summed E-state index contributed by atoms with van der Waals surface area (Å²) in [6, 6.07) is 13.3. The van der Waals surface area contributed by atoms with Crippen molar-refractivity contribution in [2.75, 3.05) is 13.1 Å². The molecular formula is C30H40N2O3. The van der Waals surface area contributed by atoms with Gasteiger partial charge in [-0.15, -0.1) is 0 Å². The molecule has 5 nitrogen and oxygen atoms in total. The normalized spacial score (nSPS) is 18.2. The summed E-state index contributed by atoms with van der Waals surface area (Å²) in [6.45, 7) is 8.49. The van der Waals surface area contributed by atoms with Crippen molar-refractivity contribution < 1.29 is 14.7 Å². The number of benzene rings is 2. The smallest absolute Gasteiger partial charge is 0.309 e. The molecule has 3 N–H and O–H groups in total. The molecule has 2 fully saturated rings. The van der Waals surface area contributed by atoms with Crippen molar-refractivity contribution in [3.63, 3.8) is 0 Å². The maximum Gasteiger partial charge on any atom is 0.309 e. The van der Waals surface area contributed by atoms with Crippen molar-refractivity contribution in [2.45, 2.75) is 78.2 Å². The number of hydrogen-bond donors (Lipinski definition) is 2. The van der Waals surface area contributed by atoms with Gasteiger partial charge in [0.25, 0.3) is 0 Å². The molecule has 1 aliphatic carbocycles. The first-order chi connectivity index (χ1) is 16.9. The molecule has 2 aromatic rings. The van der Waals surface area contributed by atoms with E-state index < -0.39 is 5.97 Å². The Hall–Kier alpha value is -2.63. The van der Waals surface area contributed by atoms with Gasteiger partial charge in [-0.05, 0) is 72.4 Å². The Bertz CT molecular complexity index is 1080. The molecule has 35 heavy (non-hydrogen) atoms. The fourth-order valence-electron chi connectivity index (χ4n) is 5.81. The zero-order chi connectivity index (χ0) is 24.9. The summed E-state index contributed by atoms with van der Waals surface area (Å²) in [7, 11) is 0. The Morgan fingerprint density at radius 2 is 1.63 bits per heavy atom. The molecule has 0 atom stereocenters. The van der Waals surface area contributed by atoms with Crippen molar-refractivity contribution in [3.8, 4) is 0 Å². The summed E-state index contributed by atoms with van der Waals surface area (Å²) in [5.41, 5.74) is 8.61. The van der Waals surface area contributed by atoms with Gasteiger partial charge in [0.2, 0.25) is 0 Å². The largest absolute Gasteiger partial charge is 0.481 e. The minimum atomic E-state index is -0.698. The number of rotatable bonds is 9. The van der Waals surface area contributed by atoms with Crippen LogP contribution in [0.4, 0.5) is 0 Å². The van der Waals surface area contributed by atoms with Crippen molar-refractivity contribution in [1.29, 1.82) is 0 Å². The van der Waals surface area contributed by atoms with Crippen molar-refractivity contribution in [3.05, 3.63) is 69.8 Å². The molecule has 1 saturated carbocycles. The second-order valence-corrected chi connectivity index (χ2v) is 10.2. The summed E-state index contributed by atoms with van der Waals surface area (Å²) in [4.78, 5) is 18.8. The lowest BCUT2D eigenvalue weighted by Gasteiger charge is -2.37. The summed E-state index contributed by atoms with van der Waals surface area (Å²) < 4.78 is 0. The van der Waals surface area contributed by atoms with E-state index in [0.29, 0.717) is 24.8 Å². The van der Waals surface area contributed by atoms with Gasteiger partial charge in [0.05, 0.1) is 5.92 Å². The second-order valence-electron chi connectivity index (χ2n) is 10.2. The van der Waals surface area contributed by atoms with E-state index in [9.17, 15) is 4.79 Å². The van der Waals surface area contributed by atoms with Crippen LogP contribution >= 0.6 is 0 Å². The summed E-state index contributed by atoms with van der Waals surface area (Å²) in [6.07, 6.45) is 8.58. The topological polar surface area (TPSA) is 75.8 Å². The van der Waals surface area contributed by atoms with Gasteiger partial charge in [0.15, 0.2) is 5.76 Å². The predicted octanol–water partition coefficient (Wildman–Crippen LogP) is 6.15. The molecule has 1 heterocycles. The monoisotopic (exact) mass is 476 g/mol. The number of allylic oxidation sites excluding steroid dienone is 1. The van der Waals surface area contributed by atoms with Crippen LogP contribution in [0.2, 0.25) is 0 Å². The van der Waals surface area contributed by atoms with Gasteiger partial charge >= 0.3 is 5.97 Å². The Balaban J connectivity index is 1.58. The van der Waals surface area contributed by atoms with Gasteiger partial charge in [0.1, 0.15) is 0 Å². The third-order valence-electron chi connectivity index (χ3n) is 8.01. The van der Waals surface area contributed by atoms with Crippen LogP contribution in [-0.4, -0.2) is 29.1 Å². The van der Waals surface area contributed by atoms with E-state index in [-0.39, 0.29) is 5.92 Å². The van der Waals surface area contributed by atoms with Crippen LogP contribution in [0.25, 0.3) is 11.3 Å². The molecule has 2 aliphatic rings. The predicted molar refractivity (Wildman–Crippen MR) is 142 cm³/mol. The molecule has 0 aromatic heterocycles. The highest BCUT2D eigenvalue weighted by molar-refractivity contribution is 5.87. The van der Waals surface area contributed by atoms with E-state index in [2.05, 4.69) is 62.1 Å². The number of hydrogen-bond acceptors (Lipinski definition) is 4. The second kappa shape index (κ2) is 11.4. The standard InChI is InChI=1S/C30H40N2O3/c1-4-21-15-25(11-12-26(21)17-32-18-27(19-32)30(33)34)29(35-31)20(3)24-13-14-28(22(5-2)16-24)23-9-7-6-8-10-23/h11-16,23,27H,4-10,17-19,31H2,1-3H3,(H,33,34)/b29-20+. The molecule has 0 spiro atoms. The lowest BCUT2D eigenvalue weighted by molar-refractivity contribution is -0.147. The van der Waals surface area contributed by atoms with Crippen LogP contribution in [0.5, 0.6) is 0 Å². The third kappa shape index (κ3) is 5.62. The van der Waals surface area contributed by atoms with Crippen LogP contribution in [0, 0.1) is 5.92 Å². The number of nitrogens with zero attached hydrogens (tertiary/aromatic N) is 1. The first-order valence-electron chi connectivity index (χ1n) is 13.2. The lowest BCUT2D eigenvalue weighted by Crippen LogP contribution is -2.49. The van der Waals surface area contributed by atoms with Gasteiger partial charge in [-0.2, -0.15) is 5.90 Å². The Labute approximate surface area is 209 Å². The fourth-order valence-corrected chi connectivity index (χ4v) is 5.81. The zero-order valence-corrected chi connectivity index (χ0v) is 21.5. The highest BCUT2D eigenvalue weighted by Crippen LogP contribution is 2.37. The highest BCUT2D eigenvalue weighted by atomic mass is 16.6. The number of aliphatic carboxylic acids is 1. The van der Waals surface area contributed by atoms with Crippen molar-refractivity contribution in [2.24, 2.45) is 11.8 Å². The molecule has 2 aromatic carbocycles. The van der Waals surface area contributed by atoms with Gasteiger partial charge in [0, 0.05) is 30.8 Å². The molecule has 188 valence electrons. The van der Waals surface area contributed by atoms with Crippen LogP contribution in [0.15, 0.2) is 36.4 Å². The van der Waals surface area contributed by atoms with E-state index in [0.717, 1.165) is 36.1 Å². The van der Waals surface area contributed by atoms with Crippen LogP contribution in [0.1, 0.15) is 92.2 Å². The number of carboxylic acids is 1. The Morgan fingerprint density at radius 1 is 0.971 bits per heavy atom. The summed E-state index contributed by atoms with van der Waals surface area (Å²) in [5.74, 6) is 6.28. The Kier molecular flexibility index (Phi) is 8.30.